The van der Waals surface area contributed by atoms with Crippen LogP contribution >= 0.6 is 0 Å². The Morgan fingerprint density at radius 1 is 0.946 bits per heavy atom. The van der Waals surface area contributed by atoms with Crippen LogP contribution in [0.15, 0.2) is 78.4 Å². The smallest absolute Gasteiger partial charge is 0.410 e. The summed E-state index contributed by atoms with van der Waals surface area (Å²) in [5.41, 5.74) is 9.04. The Bertz CT molecular complexity index is 1330. The van der Waals surface area contributed by atoms with Gasteiger partial charge in [0.15, 0.2) is 0 Å². The summed E-state index contributed by atoms with van der Waals surface area (Å²) in [5.74, 6) is 1.10. The molecule has 1 saturated heterocycles. The Balaban J connectivity index is 1.03. The Hall–Kier alpha value is -3.57. The fourth-order valence-corrected chi connectivity index (χ4v) is 6.52. The fourth-order valence-electron chi connectivity index (χ4n) is 6.52. The maximum absolute atomic E-state index is 13.4. The molecule has 0 spiro atoms. The number of benzene rings is 3. The zero-order chi connectivity index (χ0) is 24.8. The molecule has 5 nitrogen and oxygen atoms in total. The average molecular weight is 494 g/mol. The van der Waals surface area contributed by atoms with Gasteiger partial charge in [0.05, 0.1) is 31.9 Å². The van der Waals surface area contributed by atoms with E-state index in [4.69, 9.17) is 14.2 Å². The van der Waals surface area contributed by atoms with Gasteiger partial charge in [-0.05, 0) is 58.7 Å². The predicted octanol–water partition coefficient (Wildman–Crippen LogP) is 5.90. The molecule has 188 valence electrons. The molecule has 0 N–H and O–H groups in total. The number of carbonyl (C=O) groups excluding carboxylic acids is 1. The second-order valence-electron chi connectivity index (χ2n) is 10.5. The van der Waals surface area contributed by atoms with Gasteiger partial charge >= 0.3 is 6.09 Å². The summed E-state index contributed by atoms with van der Waals surface area (Å²) in [4.78, 5) is 15.3. The van der Waals surface area contributed by atoms with E-state index in [9.17, 15) is 4.79 Å². The first kappa shape index (κ1) is 22.6. The van der Waals surface area contributed by atoms with Gasteiger partial charge in [0.1, 0.15) is 12.4 Å². The third kappa shape index (κ3) is 4.11. The van der Waals surface area contributed by atoms with Crippen LogP contribution in [-0.2, 0) is 22.3 Å². The summed E-state index contributed by atoms with van der Waals surface area (Å²) < 4.78 is 17.5. The van der Waals surface area contributed by atoms with Crippen molar-refractivity contribution < 1.29 is 19.0 Å². The van der Waals surface area contributed by atoms with Gasteiger partial charge in [0, 0.05) is 12.3 Å². The summed E-state index contributed by atoms with van der Waals surface area (Å²) in [6.07, 6.45) is 5.87. The largest absolute Gasteiger partial charge is 0.493 e. The Morgan fingerprint density at radius 2 is 1.73 bits per heavy atom. The van der Waals surface area contributed by atoms with Crippen molar-refractivity contribution in [2.75, 3.05) is 26.4 Å². The highest BCUT2D eigenvalue weighted by Gasteiger charge is 2.39. The Labute approximate surface area is 217 Å². The topological polar surface area (TPSA) is 48.0 Å². The molecule has 1 amide bonds. The van der Waals surface area contributed by atoms with Crippen molar-refractivity contribution in [3.63, 3.8) is 0 Å². The van der Waals surface area contributed by atoms with Crippen LogP contribution < -0.4 is 4.74 Å². The lowest BCUT2D eigenvalue weighted by Gasteiger charge is -2.44. The molecule has 2 unspecified atom stereocenters. The second kappa shape index (κ2) is 9.38. The summed E-state index contributed by atoms with van der Waals surface area (Å²) in [6.45, 7) is 2.23. The minimum atomic E-state index is -0.228. The highest BCUT2D eigenvalue weighted by atomic mass is 16.6. The SMILES string of the molecule is O=C(OCC1c2ccccc2-c2ccccc21)N1C2C=C(CCc3ccc4c(c3)CCO4)CC1COC2. The van der Waals surface area contributed by atoms with Gasteiger partial charge in [-0.2, -0.15) is 0 Å². The molecule has 2 atom stereocenters. The van der Waals surface area contributed by atoms with Crippen LogP contribution in [0, 0.1) is 0 Å². The maximum Gasteiger partial charge on any atom is 0.410 e. The van der Waals surface area contributed by atoms with Gasteiger partial charge in [0.2, 0.25) is 0 Å². The van der Waals surface area contributed by atoms with Crippen molar-refractivity contribution in [3.05, 3.63) is 101 Å². The Kier molecular flexibility index (Phi) is 5.74. The van der Waals surface area contributed by atoms with Crippen molar-refractivity contribution in [2.24, 2.45) is 0 Å². The lowest BCUT2D eigenvalue weighted by molar-refractivity contribution is -0.0365. The first-order valence-electron chi connectivity index (χ1n) is 13.4. The van der Waals surface area contributed by atoms with Crippen LogP contribution in [0.5, 0.6) is 5.75 Å². The van der Waals surface area contributed by atoms with Crippen molar-refractivity contribution in [2.45, 2.75) is 43.7 Å². The Morgan fingerprint density at radius 3 is 2.51 bits per heavy atom. The minimum Gasteiger partial charge on any atom is -0.493 e. The predicted molar refractivity (Wildman–Crippen MR) is 142 cm³/mol. The van der Waals surface area contributed by atoms with Crippen molar-refractivity contribution in [1.82, 2.24) is 4.90 Å². The molecule has 1 aliphatic carbocycles. The van der Waals surface area contributed by atoms with Gasteiger partial charge in [0.25, 0.3) is 0 Å². The normalized spacial score (nSPS) is 21.5. The number of hydrogen-bond acceptors (Lipinski definition) is 4. The van der Waals surface area contributed by atoms with Crippen LogP contribution in [0.25, 0.3) is 11.1 Å². The number of morpholine rings is 1. The van der Waals surface area contributed by atoms with E-state index < -0.39 is 0 Å². The molecule has 3 aromatic carbocycles. The first-order valence-corrected chi connectivity index (χ1v) is 13.4. The molecule has 2 bridgehead atoms. The molecular formula is C32H31NO4. The molecule has 3 heterocycles. The van der Waals surface area contributed by atoms with E-state index in [1.54, 1.807) is 0 Å². The number of ether oxygens (including phenoxy) is 3. The maximum atomic E-state index is 13.4. The van der Waals surface area contributed by atoms with E-state index in [1.807, 2.05) is 4.90 Å². The molecule has 5 heteroatoms. The molecule has 37 heavy (non-hydrogen) atoms. The van der Waals surface area contributed by atoms with Gasteiger partial charge < -0.3 is 14.2 Å². The molecule has 0 saturated carbocycles. The van der Waals surface area contributed by atoms with E-state index >= 15 is 0 Å². The molecule has 3 aromatic rings. The van der Waals surface area contributed by atoms with Gasteiger partial charge in [-0.1, -0.05) is 72.3 Å². The molecule has 1 fully saturated rings. The third-order valence-corrected chi connectivity index (χ3v) is 8.31. The summed E-state index contributed by atoms with van der Waals surface area (Å²) in [5, 5.41) is 0. The minimum absolute atomic E-state index is 0.0304. The summed E-state index contributed by atoms with van der Waals surface area (Å²) in [6, 6.07) is 23.4. The molecular weight excluding hydrogens is 462 g/mol. The van der Waals surface area contributed by atoms with Gasteiger partial charge in [-0.25, -0.2) is 4.79 Å². The fraction of sp³-hybridized carbons (Fsp3) is 0.344. The lowest BCUT2D eigenvalue weighted by atomic mass is 9.90. The highest BCUT2D eigenvalue weighted by molar-refractivity contribution is 5.79. The number of nitrogens with zero attached hydrogens (tertiary/aromatic N) is 1. The zero-order valence-electron chi connectivity index (χ0n) is 20.9. The number of amides is 1. The van der Waals surface area contributed by atoms with Crippen LogP contribution in [0.4, 0.5) is 4.79 Å². The number of aryl methyl sites for hydroxylation is 1. The number of hydrogen-bond donors (Lipinski definition) is 0. The van der Waals surface area contributed by atoms with Crippen molar-refractivity contribution in [1.29, 1.82) is 0 Å². The van der Waals surface area contributed by atoms with Crippen LogP contribution in [0.2, 0.25) is 0 Å². The standard InChI is InChI=1S/C32H31NO4/c34-32(37-20-30-28-7-3-1-5-26(28)27-6-2-4-8-29(27)30)33-24-16-22(17-25(33)19-35-18-24)10-9-21-11-12-31-23(15-21)13-14-36-31/h1-8,11-12,15-16,24-25,30H,9-10,13-14,17-20H2. The number of carbonyl (C=O) groups is 1. The highest BCUT2D eigenvalue weighted by Crippen LogP contribution is 2.44. The monoisotopic (exact) mass is 493 g/mol. The molecule has 0 radical (unpaired) electrons. The molecule has 3 aliphatic heterocycles. The van der Waals surface area contributed by atoms with E-state index in [0.717, 1.165) is 38.0 Å². The summed E-state index contributed by atoms with van der Waals surface area (Å²) >= 11 is 0. The zero-order valence-corrected chi connectivity index (χ0v) is 20.9. The van der Waals surface area contributed by atoms with Crippen LogP contribution in [-0.4, -0.2) is 49.5 Å². The van der Waals surface area contributed by atoms with Crippen molar-refractivity contribution in [3.8, 4) is 16.9 Å². The molecule has 7 rings (SSSR count). The van der Waals surface area contributed by atoms with Gasteiger partial charge in [-0.15, -0.1) is 0 Å². The second-order valence-corrected chi connectivity index (χ2v) is 10.5. The average Bonchev–Trinajstić information content (AvgIpc) is 3.52. The van der Waals surface area contributed by atoms with Crippen molar-refractivity contribution >= 4 is 6.09 Å². The van der Waals surface area contributed by atoms with Crippen LogP contribution in [0.3, 0.4) is 0 Å². The summed E-state index contributed by atoms with van der Waals surface area (Å²) in [7, 11) is 0. The molecule has 4 aliphatic rings. The van der Waals surface area contributed by atoms with E-state index in [2.05, 4.69) is 72.8 Å². The van der Waals surface area contributed by atoms with E-state index in [-0.39, 0.29) is 24.1 Å². The van der Waals surface area contributed by atoms with E-state index in [1.165, 1.54) is 39.0 Å². The van der Waals surface area contributed by atoms with Gasteiger partial charge in [-0.3, -0.25) is 4.90 Å². The molecule has 0 aromatic heterocycles. The lowest BCUT2D eigenvalue weighted by Crippen LogP contribution is -2.56. The van der Waals surface area contributed by atoms with E-state index in [0.29, 0.717) is 19.8 Å². The first-order chi connectivity index (χ1) is 18.2. The number of fused-ring (bicyclic) bond motifs is 6. The number of rotatable bonds is 5. The third-order valence-electron chi connectivity index (χ3n) is 8.31. The van der Waals surface area contributed by atoms with Crippen LogP contribution in [0.1, 0.15) is 41.0 Å². The quantitative estimate of drug-likeness (QED) is 0.415.